The SMILES string of the molecule is CCCOCCN1C(=O)NC(=O)C12CCCC(C)C2. The lowest BCUT2D eigenvalue weighted by molar-refractivity contribution is -0.129. The summed E-state index contributed by atoms with van der Waals surface area (Å²) in [5.41, 5.74) is -0.607. The molecule has 5 nitrogen and oxygen atoms in total. The third-order valence-electron chi connectivity index (χ3n) is 4.19. The van der Waals surface area contributed by atoms with Crippen molar-refractivity contribution >= 4 is 11.9 Å². The zero-order valence-corrected chi connectivity index (χ0v) is 11.9. The predicted octanol–water partition coefficient (Wildman–Crippen LogP) is 1.91. The van der Waals surface area contributed by atoms with Gasteiger partial charge in [0.15, 0.2) is 0 Å². The largest absolute Gasteiger partial charge is 0.380 e. The van der Waals surface area contributed by atoms with Gasteiger partial charge in [0.05, 0.1) is 6.61 Å². The first-order valence-corrected chi connectivity index (χ1v) is 7.31. The van der Waals surface area contributed by atoms with Gasteiger partial charge in [-0.05, 0) is 25.2 Å². The van der Waals surface area contributed by atoms with Crippen LogP contribution in [-0.2, 0) is 9.53 Å². The Hall–Kier alpha value is -1.10. The van der Waals surface area contributed by atoms with E-state index in [9.17, 15) is 9.59 Å². The van der Waals surface area contributed by atoms with Crippen LogP contribution in [0.15, 0.2) is 0 Å². The van der Waals surface area contributed by atoms with E-state index in [4.69, 9.17) is 4.74 Å². The predicted molar refractivity (Wildman–Crippen MR) is 71.7 cm³/mol. The number of rotatable bonds is 5. The summed E-state index contributed by atoms with van der Waals surface area (Å²) in [5, 5.41) is 2.48. The molecule has 0 aromatic carbocycles. The number of nitrogens with one attached hydrogen (secondary N) is 1. The highest BCUT2D eigenvalue weighted by Crippen LogP contribution is 2.39. The summed E-state index contributed by atoms with van der Waals surface area (Å²) < 4.78 is 5.46. The molecule has 19 heavy (non-hydrogen) atoms. The van der Waals surface area contributed by atoms with Crippen molar-refractivity contribution in [2.24, 2.45) is 5.92 Å². The lowest BCUT2D eigenvalue weighted by atomic mass is 9.75. The molecule has 2 aliphatic rings. The monoisotopic (exact) mass is 268 g/mol. The Morgan fingerprint density at radius 3 is 2.89 bits per heavy atom. The van der Waals surface area contributed by atoms with Crippen LogP contribution in [0.2, 0.25) is 0 Å². The first-order chi connectivity index (χ1) is 9.10. The molecule has 5 heteroatoms. The molecule has 0 radical (unpaired) electrons. The quantitative estimate of drug-likeness (QED) is 0.612. The normalized spacial score (nSPS) is 31.1. The summed E-state index contributed by atoms with van der Waals surface area (Å²) in [6, 6.07) is -0.251. The second kappa shape index (κ2) is 5.90. The van der Waals surface area contributed by atoms with E-state index in [2.05, 4.69) is 19.2 Å². The highest BCUT2D eigenvalue weighted by molar-refractivity contribution is 6.07. The fourth-order valence-corrected chi connectivity index (χ4v) is 3.29. The number of ether oxygens (including phenoxy) is 1. The first-order valence-electron chi connectivity index (χ1n) is 7.31. The molecule has 2 unspecified atom stereocenters. The molecule has 1 heterocycles. The molecule has 1 aliphatic heterocycles. The summed E-state index contributed by atoms with van der Waals surface area (Å²) in [4.78, 5) is 25.9. The molecule has 1 spiro atoms. The molecule has 0 aromatic rings. The van der Waals surface area contributed by atoms with Crippen molar-refractivity contribution < 1.29 is 14.3 Å². The highest BCUT2D eigenvalue weighted by Gasteiger charge is 2.53. The van der Waals surface area contributed by atoms with Gasteiger partial charge in [-0.3, -0.25) is 10.1 Å². The third-order valence-corrected chi connectivity index (χ3v) is 4.19. The summed E-state index contributed by atoms with van der Waals surface area (Å²) in [7, 11) is 0. The zero-order chi connectivity index (χ0) is 13.9. The Bertz CT molecular complexity index is 359. The summed E-state index contributed by atoms with van der Waals surface area (Å²) in [5.74, 6) is 0.379. The molecule has 108 valence electrons. The summed E-state index contributed by atoms with van der Waals surface area (Å²) in [6.45, 7) is 5.92. The maximum atomic E-state index is 12.2. The van der Waals surface area contributed by atoms with Gasteiger partial charge in [-0.2, -0.15) is 0 Å². The Labute approximate surface area is 114 Å². The standard InChI is InChI=1S/C14H24N2O3/c1-3-8-19-9-7-16-13(18)15-12(17)14(16)6-4-5-11(2)10-14/h11H,3-10H2,1-2H3,(H,15,17,18). The fourth-order valence-electron chi connectivity index (χ4n) is 3.29. The maximum Gasteiger partial charge on any atom is 0.325 e. The van der Waals surface area contributed by atoms with E-state index < -0.39 is 5.54 Å². The van der Waals surface area contributed by atoms with E-state index in [1.807, 2.05) is 0 Å². The van der Waals surface area contributed by atoms with Gasteiger partial charge in [-0.1, -0.05) is 26.7 Å². The fraction of sp³-hybridized carbons (Fsp3) is 0.857. The van der Waals surface area contributed by atoms with E-state index in [1.165, 1.54) is 0 Å². The second-order valence-corrected chi connectivity index (χ2v) is 5.76. The summed E-state index contributed by atoms with van der Waals surface area (Å²) in [6.07, 6.45) is 4.67. The molecular weight excluding hydrogens is 244 g/mol. The molecule has 0 bridgehead atoms. The van der Waals surface area contributed by atoms with Gasteiger partial charge >= 0.3 is 6.03 Å². The van der Waals surface area contributed by atoms with Crippen molar-refractivity contribution in [2.45, 2.75) is 51.5 Å². The third kappa shape index (κ3) is 2.76. The van der Waals surface area contributed by atoms with Gasteiger partial charge in [-0.25, -0.2) is 4.79 Å². The minimum atomic E-state index is -0.607. The second-order valence-electron chi connectivity index (χ2n) is 5.76. The van der Waals surface area contributed by atoms with Crippen molar-refractivity contribution in [1.29, 1.82) is 0 Å². The number of imide groups is 1. The van der Waals surface area contributed by atoms with Crippen LogP contribution < -0.4 is 5.32 Å². The molecule has 2 atom stereocenters. The number of hydrogen-bond donors (Lipinski definition) is 1. The highest BCUT2D eigenvalue weighted by atomic mass is 16.5. The summed E-state index contributed by atoms with van der Waals surface area (Å²) >= 11 is 0. The van der Waals surface area contributed by atoms with Crippen molar-refractivity contribution in [3.05, 3.63) is 0 Å². The molecule has 1 aliphatic carbocycles. The molecule has 2 rings (SSSR count). The molecule has 1 saturated heterocycles. The van der Waals surface area contributed by atoms with E-state index in [0.29, 0.717) is 25.7 Å². The van der Waals surface area contributed by atoms with Crippen molar-refractivity contribution in [3.63, 3.8) is 0 Å². The smallest absolute Gasteiger partial charge is 0.325 e. The van der Waals surface area contributed by atoms with Crippen molar-refractivity contribution in [2.75, 3.05) is 19.8 Å². The lowest BCUT2D eigenvalue weighted by Gasteiger charge is -2.40. The van der Waals surface area contributed by atoms with E-state index in [0.717, 1.165) is 32.1 Å². The van der Waals surface area contributed by atoms with Crippen LogP contribution in [0.25, 0.3) is 0 Å². The number of amides is 3. The van der Waals surface area contributed by atoms with E-state index in [1.54, 1.807) is 4.90 Å². The van der Waals surface area contributed by atoms with Crippen molar-refractivity contribution in [3.8, 4) is 0 Å². The molecule has 2 fully saturated rings. The lowest BCUT2D eigenvalue weighted by Crippen LogP contribution is -2.53. The van der Waals surface area contributed by atoms with Gasteiger partial charge in [0.25, 0.3) is 5.91 Å². The molecule has 0 aromatic heterocycles. The molecule has 1 N–H and O–H groups in total. The van der Waals surface area contributed by atoms with E-state index in [-0.39, 0.29) is 11.9 Å². The van der Waals surface area contributed by atoms with Crippen LogP contribution >= 0.6 is 0 Å². The van der Waals surface area contributed by atoms with Crippen LogP contribution in [0.4, 0.5) is 4.79 Å². The number of carbonyl (C=O) groups excluding carboxylic acids is 2. The average molecular weight is 268 g/mol. The minimum Gasteiger partial charge on any atom is -0.380 e. The van der Waals surface area contributed by atoms with E-state index >= 15 is 0 Å². The Morgan fingerprint density at radius 1 is 1.42 bits per heavy atom. The van der Waals surface area contributed by atoms with Gasteiger partial charge < -0.3 is 9.64 Å². The number of nitrogens with zero attached hydrogens (tertiary/aromatic N) is 1. The van der Waals surface area contributed by atoms with Gasteiger partial charge in [0.1, 0.15) is 5.54 Å². The Balaban J connectivity index is 2.05. The topological polar surface area (TPSA) is 58.6 Å². The van der Waals surface area contributed by atoms with Crippen LogP contribution in [0.3, 0.4) is 0 Å². The van der Waals surface area contributed by atoms with Crippen LogP contribution in [0, 0.1) is 5.92 Å². The average Bonchev–Trinajstić information content (AvgIpc) is 2.58. The Kier molecular flexibility index (Phi) is 4.45. The van der Waals surface area contributed by atoms with Crippen LogP contribution in [0.5, 0.6) is 0 Å². The Morgan fingerprint density at radius 2 is 2.21 bits per heavy atom. The van der Waals surface area contributed by atoms with Crippen LogP contribution in [0.1, 0.15) is 46.0 Å². The van der Waals surface area contributed by atoms with Gasteiger partial charge in [0, 0.05) is 13.2 Å². The molecule has 3 amide bonds. The van der Waals surface area contributed by atoms with Crippen LogP contribution in [-0.4, -0.2) is 42.1 Å². The zero-order valence-electron chi connectivity index (χ0n) is 11.9. The first kappa shape index (κ1) is 14.3. The maximum absolute atomic E-state index is 12.2. The number of hydrogen-bond acceptors (Lipinski definition) is 3. The molecular formula is C14H24N2O3. The number of carbonyl (C=O) groups is 2. The number of urea groups is 1. The van der Waals surface area contributed by atoms with Gasteiger partial charge in [-0.15, -0.1) is 0 Å². The molecule has 1 saturated carbocycles. The van der Waals surface area contributed by atoms with Gasteiger partial charge in [0.2, 0.25) is 0 Å². The van der Waals surface area contributed by atoms with Crippen molar-refractivity contribution in [1.82, 2.24) is 10.2 Å². The minimum absolute atomic E-state index is 0.112.